The van der Waals surface area contributed by atoms with E-state index in [0.717, 1.165) is 0 Å². The van der Waals surface area contributed by atoms with Crippen LogP contribution in [-0.4, -0.2) is 48.0 Å². The van der Waals surface area contributed by atoms with Crippen molar-refractivity contribution >= 4 is 23.7 Å². The third-order valence-electron chi connectivity index (χ3n) is 3.38. The van der Waals surface area contributed by atoms with Crippen molar-refractivity contribution in [3.63, 3.8) is 0 Å². The van der Waals surface area contributed by atoms with Crippen LogP contribution in [0.25, 0.3) is 0 Å². The fraction of sp³-hybridized carbons (Fsp3) is 0.750. The minimum absolute atomic E-state index is 0.242. The van der Waals surface area contributed by atoms with Crippen molar-refractivity contribution in [2.75, 3.05) is 6.61 Å². The molecule has 1 rings (SSSR count). The van der Waals surface area contributed by atoms with Crippen LogP contribution in [0.15, 0.2) is 0 Å². The van der Waals surface area contributed by atoms with Crippen molar-refractivity contribution in [3.05, 3.63) is 0 Å². The quantitative estimate of drug-likeness (QED) is 0.627. The second-order valence-corrected chi connectivity index (χ2v) is 7.22. The molecule has 9 nitrogen and oxygen atoms in total. The monoisotopic (exact) mass is 357 g/mol. The minimum Gasteiger partial charge on any atom is -0.444 e. The summed E-state index contributed by atoms with van der Waals surface area (Å²) >= 11 is 0. The van der Waals surface area contributed by atoms with Gasteiger partial charge in [-0.25, -0.2) is 10.3 Å². The first kappa shape index (κ1) is 20.9. The van der Waals surface area contributed by atoms with Gasteiger partial charge in [0.1, 0.15) is 11.6 Å². The molecule has 3 amide bonds. The maximum absolute atomic E-state index is 12.5. The van der Waals surface area contributed by atoms with Gasteiger partial charge in [0.05, 0.1) is 12.6 Å². The number of hydrogen-bond donors (Lipinski definition) is 3. The lowest BCUT2D eigenvalue weighted by atomic mass is 10.0. The number of hydroxylamine groups is 1. The van der Waals surface area contributed by atoms with Gasteiger partial charge in [0.25, 0.3) is 0 Å². The number of alkyl carbamates (subject to hydrolysis) is 1. The van der Waals surface area contributed by atoms with Crippen LogP contribution in [0.2, 0.25) is 0 Å². The molecule has 1 aliphatic rings. The number of nitrogens with one attached hydrogen (secondary N) is 3. The van der Waals surface area contributed by atoms with Gasteiger partial charge in [0.2, 0.25) is 11.7 Å². The number of Topliss-reactive ketones (excluding diaryl/α,β-unsaturated/α-hetero) is 1. The molecule has 2 unspecified atom stereocenters. The summed E-state index contributed by atoms with van der Waals surface area (Å²) in [6, 6.07) is -1.86. The Balaban J connectivity index is 2.76. The van der Waals surface area contributed by atoms with E-state index in [9.17, 15) is 19.2 Å². The lowest BCUT2D eigenvalue weighted by Gasteiger charge is -2.27. The summed E-state index contributed by atoms with van der Waals surface area (Å²) in [6.07, 6.45) is 0.0365. The molecule has 0 aromatic heterocycles. The molecule has 0 radical (unpaired) electrons. The number of rotatable bonds is 4. The van der Waals surface area contributed by atoms with Crippen LogP contribution < -0.4 is 16.1 Å². The second-order valence-electron chi connectivity index (χ2n) is 7.22. The Morgan fingerprint density at radius 1 is 1.28 bits per heavy atom. The van der Waals surface area contributed by atoms with E-state index in [1.165, 1.54) is 0 Å². The number of ketones is 1. The lowest BCUT2D eigenvalue weighted by molar-refractivity contribution is -0.149. The Morgan fingerprint density at radius 3 is 2.48 bits per heavy atom. The number of amides is 3. The molecule has 0 aliphatic carbocycles. The molecular weight excluding hydrogens is 330 g/mol. The largest absolute Gasteiger partial charge is 0.444 e. The van der Waals surface area contributed by atoms with E-state index in [2.05, 4.69) is 10.6 Å². The Morgan fingerprint density at radius 2 is 1.92 bits per heavy atom. The zero-order chi connectivity index (χ0) is 19.2. The van der Waals surface area contributed by atoms with Gasteiger partial charge in [0.15, 0.2) is 0 Å². The standard InChI is InChI=1S/C16H27N3O6/c1-9(2)11(18-15(23)25-16(3,4)5)13(21)17-10-7-6-8-24-19-14(22)12(10)20/h9-11H,6-8H2,1-5H3,(H,17,21)(H,18,23)(H,19,22). The summed E-state index contributed by atoms with van der Waals surface area (Å²) in [5, 5.41) is 5.05. The smallest absolute Gasteiger partial charge is 0.408 e. The predicted octanol–water partition coefficient (Wildman–Crippen LogP) is 0.431. The first-order chi connectivity index (χ1) is 11.5. The number of hydrogen-bond acceptors (Lipinski definition) is 6. The van der Waals surface area contributed by atoms with Crippen molar-refractivity contribution in [3.8, 4) is 0 Å². The molecule has 0 spiro atoms. The van der Waals surface area contributed by atoms with E-state index in [-0.39, 0.29) is 18.9 Å². The van der Waals surface area contributed by atoms with E-state index >= 15 is 0 Å². The molecule has 0 aromatic rings. The van der Waals surface area contributed by atoms with Crippen LogP contribution in [0.3, 0.4) is 0 Å². The highest BCUT2D eigenvalue weighted by molar-refractivity contribution is 6.38. The normalized spacial score (nSPS) is 20.2. The Labute approximate surface area is 147 Å². The first-order valence-corrected chi connectivity index (χ1v) is 8.27. The van der Waals surface area contributed by atoms with Crippen molar-refractivity contribution in [1.82, 2.24) is 16.1 Å². The zero-order valence-electron chi connectivity index (χ0n) is 15.3. The summed E-state index contributed by atoms with van der Waals surface area (Å²) in [4.78, 5) is 52.8. The van der Waals surface area contributed by atoms with Gasteiger partial charge in [-0.2, -0.15) is 0 Å². The van der Waals surface area contributed by atoms with E-state index in [0.29, 0.717) is 6.42 Å². The molecule has 0 aromatic carbocycles. The molecule has 1 saturated heterocycles. The van der Waals surface area contributed by atoms with Crippen molar-refractivity contribution in [2.24, 2.45) is 5.92 Å². The van der Waals surface area contributed by atoms with E-state index in [4.69, 9.17) is 9.57 Å². The van der Waals surface area contributed by atoms with E-state index in [1.54, 1.807) is 34.6 Å². The molecule has 9 heteroatoms. The summed E-state index contributed by atoms with van der Waals surface area (Å²) in [7, 11) is 0. The first-order valence-electron chi connectivity index (χ1n) is 8.27. The topological polar surface area (TPSA) is 123 Å². The number of ether oxygens (including phenoxy) is 1. The molecule has 25 heavy (non-hydrogen) atoms. The molecule has 0 bridgehead atoms. The summed E-state index contributed by atoms with van der Waals surface area (Å²) in [5.41, 5.74) is 1.32. The molecule has 1 fully saturated rings. The summed E-state index contributed by atoms with van der Waals surface area (Å²) < 4.78 is 5.16. The third kappa shape index (κ3) is 7.08. The summed E-state index contributed by atoms with van der Waals surface area (Å²) in [6.45, 7) is 8.89. The highest BCUT2D eigenvalue weighted by atomic mass is 16.7. The van der Waals surface area contributed by atoms with Crippen LogP contribution in [0.5, 0.6) is 0 Å². The van der Waals surface area contributed by atoms with E-state index in [1.807, 2.05) is 5.48 Å². The Hall–Kier alpha value is -2.16. The van der Waals surface area contributed by atoms with Crippen LogP contribution >= 0.6 is 0 Å². The van der Waals surface area contributed by atoms with Gasteiger partial charge in [-0.1, -0.05) is 13.8 Å². The van der Waals surface area contributed by atoms with Gasteiger partial charge >= 0.3 is 12.0 Å². The predicted molar refractivity (Wildman–Crippen MR) is 88.3 cm³/mol. The molecular formula is C16H27N3O6. The lowest BCUT2D eigenvalue weighted by Crippen LogP contribution is -2.56. The van der Waals surface area contributed by atoms with Crippen molar-refractivity contribution in [2.45, 2.75) is 65.1 Å². The van der Waals surface area contributed by atoms with Gasteiger partial charge < -0.3 is 15.4 Å². The highest BCUT2D eigenvalue weighted by Gasteiger charge is 2.33. The Kier molecular flexibility index (Phi) is 7.35. The fourth-order valence-electron chi connectivity index (χ4n) is 2.18. The summed E-state index contributed by atoms with van der Waals surface area (Å²) in [5.74, 6) is -2.49. The third-order valence-corrected chi connectivity index (χ3v) is 3.38. The molecule has 1 aliphatic heterocycles. The maximum atomic E-state index is 12.5. The molecule has 142 valence electrons. The molecule has 2 atom stereocenters. The van der Waals surface area contributed by atoms with Crippen molar-refractivity contribution in [1.29, 1.82) is 0 Å². The maximum Gasteiger partial charge on any atom is 0.408 e. The van der Waals surface area contributed by atoms with Crippen LogP contribution in [0, 0.1) is 5.92 Å². The zero-order valence-corrected chi connectivity index (χ0v) is 15.3. The number of carbonyl (C=O) groups is 4. The molecule has 3 N–H and O–H groups in total. The Bertz CT molecular complexity index is 526. The SMILES string of the molecule is CC(C)C(NC(=O)OC(C)(C)C)C(=O)NC1CCCONC(=O)C1=O. The average molecular weight is 357 g/mol. The van der Waals surface area contributed by atoms with Gasteiger partial charge in [0, 0.05) is 0 Å². The second kappa shape index (κ2) is 8.80. The number of carbonyl (C=O) groups excluding carboxylic acids is 4. The van der Waals surface area contributed by atoms with Gasteiger partial charge in [-0.15, -0.1) is 0 Å². The fourth-order valence-corrected chi connectivity index (χ4v) is 2.18. The average Bonchev–Trinajstić information content (AvgIpc) is 2.46. The van der Waals surface area contributed by atoms with Gasteiger partial charge in [-0.05, 0) is 39.5 Å². The van der Waals surface area contributed by atoms with Crippen molar-refractivity contribution < 1.29 is 28.8 Å². The highest BCUT2D eigenvalue weighted by Crippen LogP contribution is 2.10. The van der Waals surface area contributed by atoms with E-state index < -0.39 is 41.4 Å². The van der Waals surface area contributed by atoms with Crippen LogP contribution in [0.4, 0.5) is 4.79 Å². The molecule has 1 heterocycles. The molecule has 0 saturated carbocycles. The minimum atomic E-state index is -0.960. The van der Waals surface area contributed by atoms with Crippen LogP contribution in [0.1, 0.15) is 47.5 Å². The van der Waals surface area contributed by atoms with Crippen LogP contribution in [-0.2, 0) is 24.0 Å². The van der Waals surface area contributed by atoms with Gasteiger partial charge in [-0.3, -0.25) is 19.2 Å².